The van der Waals surface area contributed by atoms with Crippen LogP contribution in [0.1, 0.15) is 29.3 Å². The zero-order valence-corrected chi connectivity index (χ0v) is 9.52. The van der Waals surface area contributed by atoms with Crippen molar-refractivity contribution in [2.24, 2.45) is 0 Å². The molecule has 1 amide bonds. The fraction of sp³-hybridized carbons (Fsp3) is 0.462. The molecule has 1 heterocycles. The summed E-state index contributed by atoms with van der Waals surface area (Å²) in [4.78, 5) is 13.5. The third kappa shape index (κ3) is 2.25. The van der Waals surface area contributed by atoms with E-state index in [4.69, 9.17) is 5.11 Å². The minimum absolute atomic E-state index is 0.0216. The van der Waals surface area contributed by atoms with Crippen LogP contribution in [0, 0.1) is 0 Å². The van der Waals surface area contributed by atoms with Gasteiger partial charge in [0.25, 0.3) is 5.91 Å². The van der Waals surface area contributed by atoms with E-state index < -0.39 is 0 Å². The average molecular weight is 219 g/mol. The van der Waals surface area contributed by atoms with Gasteiger partial charge in [-0.3, -0.25) is 4.79 Å². The Kier molecular flexibility index (Phi) is 3.25. The van der Waals surface area contributed by atoms with Crippen molar-refractivity contribution in [1.82, 2.24) is 4.90 Å². The maximum Gasteiger partial charge on any atom is 0.254 e. The molecule has 86 valence electrons. The normalized spacial score (nSPS) is 16.0. The fourth-order valence-electron chi connectivity index (χ4n) is 1.91. The molecule has 0 aliphatic carbocycles. The van der Waals surface area contributed by atoms with Gasteiger partial charge in [0.15, 0.2) is 0 Å². The first kappa shape index (κ1) is 11.1. The Labute approximate surface area is 95.7 Å². The number of carbonyl (C=O) groups is 1. The molecular weight excluding hydrogens is 202 g/mol. The second-order valence-corrected chi connectivity index (χ2v) is 4.31. The van der Waals surface area contributed by atoms with Crippen LogP contribution in [0.2, 0.25) is 0 Å². The van der Waals surface area contributed by atoms with Gasteiger partial charge in [-0.25, -0.2) is 0 Å². The maximum absolute atomic E-state index is 11.9. The molecule has 1 aromatic carbocycles. The van der Waals surface area contributed by atoms with Gasteiger partial charge in [-0.1, -0.05) is 25.5 Å². The number of rotatable bonds is 3. The largest absolute Gasteiger partial charge is 0.389 e. The van der Waals surface area contributed by atoms with E-state index in [2.05, 4.69) is 6.92 Å². The average Bonchev–Trinajstić information content (AvgIpc) is 2.25. The molecule has 1 aliphatic rings. The first-order valence-electron chi connectivity index (χ1n) is 5.77. The molecule has 0 spiro atoms. The molecule has 16 heavy (non-hydrogen) atoms. The second-order valence-electron chi connectivity index (χ2n) is 4.31. The van der Waals surface area contributed by atoms with Gasteiger partial charge in [-0.05, 0) is 24.1 Å². The van der Waals surface area contributed by atoms with Gasteiger partial charge in [0, 0.05) is 18.7 Å². The molecule has 0 aromatic heterocycles. The van der Waals surface area contributed by atoms with E-state index in [0.29, 0.717) is 18.7 Å². The summed E-state index contributed by atoms with van der Waals surface area (Å²) >= 11 is 0. The van der Waals surface area contributed by atoms with Crippen molar-refractivity contribution >= 4 is 5.91 Å². The Morgan fingerprint density at radius 2 is 2.00 bits per heavy atom. The van der Waals surface area contributed by atoms with E-state index in [1.54, 1.807) is 4.90 Å². The van der Waals surface area contributed by atoms with Crippen LogP contribution in [-0.4, -0.2) is 35.1 Å². The molecule has 2 rings (SSSR count). The number of carbonyl (C=O) groups excluding carboxylic acids is 1. The number of hydrogen-bond donors (Lipinski definition) is 1. The summed E-state index contributed by atoms with van der Waals surface area (Å²) in [7, 11) is 0. The molecule has 0 bridgehead atoms. The molecule has 1 fully saturated rings. The van der Waals surface area contributed by atoms with Crippen molar-refractivity contribution < 1.29 is 9.90 Å². The van der Waals surface area contributed by atoms with Gasteiger partial charge < -0.3 is 10.0 Å². The quantitative estimate of drug-likeness (QED) is 0.836. The topological polar surface area (TPSA) is 40.5 Å². The van der Waals surface area contributed by atoms with Gasteiger partial charge in [-0.2, -0.15) is 0 Å². The Hall–Kier alpha value is -1.35. The number of aryl methyl sites for hydroxylation is 1. The molecule has 0 unspecified atom stereocenters. The van der Waals surface area contributed by atoms with Crippen LogP contribution in [0.15, 0.2) is 24.3 Å². The first-order chi connectivity index (χ1) is 7.70. The highest BCUT2D eigenvalue weighted by Gasteiger charge is 2.29. The number of hydrogen-bond acceptors (Lipinski definition) is 2. The Morgan fingerprint density at radius 3 is 2.50 bits per heavy atom. The zero-order valence-electron chi connectivity index (χ0n) is 9.52. The summed E-state index contributed by atoms with van der Waals surface area (Å²) in [6, 6.07) is 7.76. The van der Waals surface area contributed by atoms with Crippen molar-refractivity contribution in [2.75, 3.05) is 13.1 Å². The lowest BCUT2D eigenvalue weighted by molar-refractivity contribution is 0.00589. The molecule has 1 N–H and O–H groups in total. The second kappa shape index (κ2) is 4.66. The first-order valence-corrected chi connectivity index (χ1v) is 5.77. The van der Waals surface area contributed by atoms with Crippen molar-refractivity contribution in [3.05, 3.63) is 35.4 Å². The lowest BCUT2D eigenvalue weighted by Crippen LogP contribution is -2.53. The Morgan fingerprint density at radius 1 is 1.38 bits per heavy atom. The summed E-state index contributed by atoms with van der Waals surface area (Å²) in [5.74, 6) is 0.0216. The van der Waals surface area contributed by atoms with E-state index in [1.807, 2.05) is 24.3 Å². The molecule has 0 radical (unpaired) electrons. The highest BCUT2D eigenvalue weighted by atomic mass is 16.3. The summed E-state index contributed by atoms with van der Waals surface area (Å²) in [6.45, 7) is 3.08. The van der Waals surface area contributed by atoms with Gasteiger partial charge >= 0.3 is 0 Å². The zero-order chi connectivity index (χ0) is 11.5. The van der Waals surface area contributed by atoms with Crippen LogP contribution in [0.4, 0.5) is 0 Å². The maximum atomic E-state index is 11.9. The number of likely N-dealkylation sites (tertiary alicyclic amines) is 1. The summed E-state index contributed by atoms with van der Waals surface area (Å²) in [6.07, 6.45) is 1.84. The number of amides is 1. The fourth-order valence-corrected chi connectivity index (χ4v) is 1.91. The number of aliphatic hydroxyl groups excluding tert-OH is 1. The third-order valence-corrected chi connectivity index (χ3v) is 2.89. The number of nitrogens with zero attached hydrogens (tertiary/aromatic N) is 1. The minimum atomic E-state index is -0.330. The van der Waals surface area contributed by atoms with E-state index in [1.165, 1.54) is 5.56 Å². The van der Waals surface area contributed by atoms with E-state index >= 15 is 0 Å². The number of β-amino-alcohol motifs (C(OH)–C–C–N with tert-alkyl or cyclic N) is 1. The van der Waals surface area contributed by atoms with E-state index in [0.717, 1.165) is 12.8 Å². The van der Waals surface area contributed by atoms with E-state index in [-0.39, 0.29) is 12.0 Å². The Balaban J connectivity index is 2.01. The van der Waals surface area contributed by atoms with Crippen molar-refractivity contribution in [1.29, 1.82) is 0 Å². The highest BCUT2D eigenvalue weighted by Crippen LogP contribution is 2.14. The molecule has 1 saturated heterocycles. The molecular formula is C13H17NO2. The van der Waals surface area contributed by atoms with Crippen molar-refractivity contribution in [3.63, 3.8) is 0 Å². The van der Waals surface area contributed by atoms with Crippen LogP contribution in [0.5, 0.6) is 0 Å². The standard InChI is InChI=1S/C13H17NO2/c1-2-3-10-4-6-11(7-5-10)13(16)14-8-12(15)9-14/h4-7,12,15H,2-3,8-9H2,1H3. The highest BCUT2D eigenvalue weighted by molar-refractivity contribution is 5.94. The van der Waals surface area contributed by atoms with E-state index in [9.17, 15) is 4.79 Å². The van der Waals surface area contributed by atoms with Crippen LogP contribution >= 0.6 is 0 Å². The van der Waals surface area contributed by atoms with Crippen LogP contribution in [0.25, 0.3) is 0 Å². The molecule has 3 heteroatoms. The lowest BCUT2D eigenvalue weighted by atomic mass is 10.1. The SMILES string of the molecule is CCCc1ccc(C(=O)N2CC(O)C2)cc1. The monoisotopic (exact) mass is 219 g/mol. The van der Waals surface area contributed by atoms with Gasteiger partial charge in [0.2, 0.25) is 0 Å². The molecule has 3 nitrogen and oxygen atoms in total. The van der Waals surface area contributed by atoms with Crippen molar-refractivity contribution in [3.8, 4) is 0 Å². The summed E-state index contributed by atoms with van der Waals surface area (Å²) in [5, 5.41) is 9.13. The van der Waals surface area contributed by atoms with Gasteiger partial charge in [0.05, 0.1) is 6.10 Å². The predicted octanol–water partition coefficient (Wildman–Crippen LogP) is 1.46. The van der Waals surface area contributed by atoms with Crippen molar-refractivity contribution in [2.45, 2.75) is 25.9 Å². The smallest absolute Gasteiger partial charge is 0.254 e. The van der Waals surface area contributed by atoms with Gasteiger partial charge in [-0.15, -0.1) is 0 Å². The lowest BCUT2D eigenvalue weighted by Gasteiger charge is -2.35. The minimum Gasteiger partial charge on any atom is -0.389 e. The Bertz CT molecular complexity index is 366. The molecule has 0 saturated carbocycles. The van der Waals surface area contributed by atoms with Crippen LogP contribution < -0.4 is 0 Å². The predicted molar refractivity (Wildman–Crippen MR) is 62.3 cm³/mol. The van der Waals surface area contributed by atoms with Crippen LogP contribution in [0.3, 0.4) is 0 Å². The number of aliphatic hydroxyl groups is 1. The molecule has 0 atom stereocenters. The van der Waals surface area contributed by atoms with Gasteiger partial charge in [0.1, 0.15) is 0 Å². The molecule has 1 aromatic rings. The number of benzene rings is 1. The summed E-state index contributed by atoms with van der Waals surface area (Å²) < 4.78 is 0. The van der Waals surface area contributed by atoms with Crippen LogP contribution in [-0.2, 0) is 6.42 Å². The third-order valence-electron chi connectivity index (χ3n) is 2.89. The summed E-state index contributed by atoms with van der Waals surface area (Å²) in [5.41, 5.74) is 1.98. The molecule has 1 aliphatic heterocycles.